The smallest absolute Gasteiger partial charge is 0.243 e. The first-order valence-electron chi connectivity index (χ1n) is 6.45. The summed E-state index contributed by atoms with van der Waals surface area (Å²) in [6, 6.07) is 4.92. The van der Waals surface area contributed by atoms with Gasteiger partial charge in [0, 0.05) is 5.56 Å². The Morgan fingerprint density at radius 2 is 2.15 bits per heavy atom. The zero-order chi connectivity index (χ0) is 13.8. The highest BCUT2D eigenvalue weighted by Crippen LogP contribution is 2.20. The van der Waals surface area contributed by atoms with E-state index in [1.165, 1.54) is 6.07 Å². The van der Waals surface area contributed by atoms with Gasteiger partial charge in [0.05, 0.1) is 6.04 Å². The highest BCUT2D eigenvalue weighted by molar-refractivity contribution is 5.85. The lowest BCUT2D eigenvalue weighted by Crippen LogP contribution is -2.19. The summed E-state index contributed by atoms with van der Waals surface area (Å²) in [6.07, 6.45) is 1.04. The molecule has 0 aliphatic heterocycles. The van der Waals surface area contributed by atoms with Crippen molar-refractivity contribution in [1.29, 1.82) is 0 Å². The number of aryl methyl sites for hydroxylation is 1. The van der Waals surface area contributed by atoms with Gasteiger partial charge in [-0.05, 0) is 38.4 Å². The lowest BCUT2D eigenvalue weighted by Gasteiger charge is -2.06. The molecule has 0 radical (unpaired) electrons. The van der Waals surface area contributed by atoms with Crippen LogP contribution < -0.4 is 5.32 Å². The molecule has 0 spiro atoms. The standard InChI is InChI=1S/C14H18FN3O.ClH/c1-4-7-16-10(3)14-17-13(18-19-14)11-6-5-9(2)12(15)8-11;/h5-6,8,10,16H,4,7H2,1-3H3;1H. The van der Waals surface area contributed by atoms with E-state index in [0.717, 1.165) is 13.0 Å². The SMILES string of the molecule is CCCNC(C)c1nc(-c2ccc(C)c(F)c2)no1.Cl. The van der Waals surface area contributed by atoms with E-state index in [-0.39, 0.29) is 24.3 Å². The second-order valence-corrected chi connectivity index (χ2v) is 4.60. The van der Waals surface area contributed by atoms with Gasteiger partial charge in [-0.3, -0.25) is 0 Å². The number of halogens is 2. The summed E-state index contributed by atoms with van der Waals surface area (Å²) in [5.41, 5.74) is 1.23. The van der Waals surface area contributed by atoms with Crippen LogP contribution in [0.1, 0.15) is 37.8 Å². The number of nitrogens with zero attached hydrogens (tertiary/aromatic N) is 2. The van der Waals surface area contributed by atoms with Gasteiger partial charge in [0.25, 0.3) is 0 Å². The van der Waals surface area contributed by atoms with Crippen LogP contribution in [-0.4, -0.2) is 16.7 Å². The van der Waals surface area contributed by atoms with Crippen molar-refractivity contribution in [3.05, 3.63) is 35.5 Å². The minimum absolute atomic E-state index is 0. The molecule has 0 aliphatic rings. The number of hydrogen-bond donors (Lipinski definition) is 1. The Hall–Kier alpha value is -1.46. The number of hydrogen-bond acceptors (Lipinski definition) is 4. The molecule has 0 saturated heterocycles. The van der Waals surface area contributed by atoms with E-state index >= 15 is 0 Å². The second-order valence-electron chi connectivity index (χ2n) is 4.60. The van der Waals surface area contributed by atoms with E-state index < -0.39 is 0 Å². The monoisotopic (exact) mass is 299 g/mol. The molecule has 2 aromatic rings. The van der Waals surface area contributed by atoms with Gasteiger partial charge in [-0.25, -0.2) is 4.39 Å². The van der Waals surface area contributed by atoms with E-state index in [1.54, 1.807) is 19.1 Å². The van der Waals surface area contributed by atoms with Crippen molar-refractivity contribution in [2.24, 2.45) is 0 Å². The van der Waals surface area contributed by atoms with Gasteiger partial charge in [-0.2, -0.15) is 4.98 Å². The fourth-order valence-corrected chi connectivity index (χ4v) is 1.71. The predicted octanol–water partition coefficient (Wildman–Crippen LogP) is 3.67. The molecule has 0 amide bonds. The largest absolute Gasteiger partial charge is 0.337 e. The molecule has 110 valence electrons. The minimum atomic E-state index is -0.263. The number of aromatic nitrogens is 2. The first-order chi connectivity index (χ1) is 9.11. The van der Waals surface area contributed by atoms with E-state index in [4.69, 9.17) is 4.52 Å². The maximum atomic E-state index is 13.5. The zero-order valence-electron chi connectivity index (χ0n) is 11.8. The normalized spacial score (nSPS) is 12.0. The molecule has 0 fully saturated rings. The first-order valence-corrected chi connectivity index (χ1v) is 6.45. The highest BCUT2D eigenvalue weighted by atomic mass is 35.5. The second kappa shape index (κ2) is 7.36. The summed E-state index contributed by atoms with van der Waals surface area (Å²) >= 11 is 0. The summed E-state index contributed by atoms with van der Waals surface area (Å²) in [5.74, 6) is 0.671. The third kappa shape index (κ3) is 3.77. The van der Waals surface area contributed by atoms with Crippen LogP contribution in [0.5, 0.6) is 0 Å². The molecular formula is C14H19ClFN3O. The van der Waals surface area contributed by atoms with Crippen LogP contribution in [0, 0.1) is 12.7 Å². The van der Waals surface area contributed by atoms with E-state index in [0.29, 0.717) is 22.8 Å². The molecule has 1 unspecified atom stereocenters. The molecular weight excluding hydrogens is 281 g/mol. The summed E-state index contributed by atoms with van der Waals surface area (Å²) < 4.78 is 18.7. The maximum absolute atomic E-state index is 13.5. The van der Waals surface area contributed by atoms with Crippen LogP contribution in [-0.2, 0) is 0 Å². The zero-order valence-corrected chi connectivity index (χ0v) is 12.6. The van der Waals surface area contributed by atoms with Crippen molar-refractivity contribution in [3.8, 4) is 11.4 Å². The molecule has 2 rings (SSSR count). The van der Waals surface area contributed by atoms with Gasteiger partial charge in [0.1, 0.15) is 5.82 Å². The lowest BCUT2D eigenvalue weighted by molar-refractivity contribution is 0.340. The molecule has 20 heavy (non-hydrogen) atoms. The van der Waals surface area contributed by atoms with Crippen LogP contribution in [0.15, 0.2) is 22.7 Å². The maximum Gasteiger partial charge on any atom is 0.243 e. The molecule has 0 saturated carbocycles. The van der Waals surface area contributed by atoms with Crippen molar-refractivity contribution in [3.63, 3.8) is 0 Å². The summed E-state index contributed by atoms with van der Waals surface area (Å²) in [5, 5.41) is 7.16. The average Bonchev–Trinajstić information content (AvgIpc) is 2.89. The Bertz CT molecular complexity index is 559. The Kier molecular flexibility index (Phi) is 6.10. The summed E-state index contributed by atoms with van der Waals surface area (Å²) in [7, 11) is 0. The van der Waals surface area contributed by atoms with Gasteiger partial charge in [-0.1, -0.05) is 24.2 Å². The van der Waals surface area contributed by atoms with Gasteiger partial charge in [0.15, 0.2) is 0 Å². The average molecular weight is 300 g/mol. The van der Waals surface area contributed by atoms with Crippen LogP contribution in [0.4, 0.5) is 4.39 Å². The molecule has 1 aromatic heterocycles. The predicted molar refractivity (Wildman–Crippen MR) is 78.4 cm³/mol. The van der Waals surface area contributed by atoms with Crippen molar-refractivity contribution in [1.82, 2.24) is 15.5 Å². The third-order valence-electron chi connectivity index (χ3n) is 2.94. The number of nitrogens with one attached hydrogen (secondary N) is 1. The van der Waals surface area contributed by atoms with E-state index in [9.17, 15) is 4.39 Å². The van der Waals surface area contributed by atoms with E-state index in [1.807, 2.05) is 6.92 Å². The fourth-order valence-electron chi connectivity index (χ4n) is 1.71. The quantitative estimate of drug-likeness (QED) is 0.915. The third-order valence-corrected chi connectivity index (χ3v) is 2.94. The van der Waals surface area contributed by atoms with Crippen LogP contribution in [0.2, 0.25) is 0 Å². The van der Waals surface area contributed by atoms with E-state index in [2.05, 4.69) is 22.4 Å². The molecule has 6 heteroatoms. The lowest BCUT2D eigenvalue weighted by atomic mass is 10.1. The highest BCUT2D eigenvalue weighted by Gasteiger charge is 2.15. The molecule has 1 atom stereocenters. The molecule has 0 aliphatic carbocycles. The molecule has 1 N–H and O–H groups in total. The first kappa shape index (κ1) is 16.6. The van der Waals surface area contributed by atoms with Crippen molar-refractivity contribution in [2.45, 2.75) is 33.2 Å². The number of rotatable bonds is 5. The van der Waals surface area contributed by atoms with Crippen molar-refractivity contribution in [2.75, 3.05) is 6.54 Å². The number of benzene rings is 1. The van der Waals surface area contributed by atoms with Crippen LogP contribution in [0.3, 0.4) is 0 Å². The molecule has 0 bridgehead atoms. The molecule has 1 heterocycles. The van der Waals surface area contributed by atoms with Crippen LogP contribution >= 0.6 is 12.4 Å². The summed E-state index contributed by atoms with van der Waals surface area (Å²) in [6.45, 7) is 6.66. The summed E-state index contributed by atoms with van der Waals surface area (Å²) in [4.78, 5) is 4.30. The van der Waals surface area contributed by atoms with Crippen molar-refractivity contribution < 1.29 is 8.91 Å². The van der Waals surface area contributed by atoms with Gasteiger partial charge in [0.2, 0.25) is 11.7 Å². The Balaban J connectivity index is 0.00000200. The fraction of sp³-hybridized carbons (Fsp3) is 0.429. The Morgan fingerprint density at radius 3 is 2.80 bits per heavy atom. The van der Waals surface area contributed by atoms with Gasteiger partial charge < -0.3 is 9.84 Å². The minimum Gasteiger partial charge on any atom is -0.337 e. The van der Waals surface area contributed by atoms with Crippen LogP contribution in [0.25, 0.3) is 11.4 Å². The van der Waals surface area contributed by atoms with Crippen molar-refractivity contribution >= 4 is 12.4 Å². The Morgan fingerprint density at radius 1 is 1.40 bits per heavy atom. The van der Waals surface area contributed by atoms with Gasteiger partial charge >= 0.3 is 0 Å². The Labute approximate surface area is 124 Å². The molecule has 4 nitrogen and oxygen atoms in total. The topological polar surface area (TPSA) is 51.0 Å². The van der Waals surface area contributed by atoms with Gasteiger partial charge in [-0.15, -0.1) is 12.4 Å². The molecule has 1 aromatic carbocycles.